The highest BCUT2D eigenvalue weighted by Crippen LogP contribution is 2.34. The van der Waals surface area contributed by atoms with Gasteiger partial charge in [0.15, 0.2) is 0 Å². The fourth-order valence-electron chi connectivity index (χ4n) is 1.46. The Morgan fingerprint density at radius 3 is 3.15 bits per heavy atom. The number of nitrogens with one attached hydrogen (secondary N) is 1. The van der Waals surface area contributed by atoms with E-state index in [9.17, 15) is 4.79 Å². The number of nitrogens with zero attached hydrogens (tertiary/aromatic N) is 1. The zero-order valence-corrected chi connectivity index (χ0v) is 6.77. The van der Waals surface area contributed by atoms with Gasteiger partial charge in [0.1, 0.15) is 5.41 Å². The molecule has 0 saturated carbocycles. The number of allylic oxidation sites excluding steroid dienone is 3. The summed E-state index contributed by atoms with van der Waals surface area (Å²) in [4.78, 5) is 15.3. The average Bonchev–Trinajstić information content (AvgIpc) is 2.61. The fourth-order valence-corrected chi connectivity index (χ4v) is 1.46. The highest BCUT2D eigenvalue weighted by atomic mass is 16.5. The van der Waals surface area contributed by atoms with Gasteiger partial charge in [0.2, 0.25) is 0 Å². The maximum absolute atomic E-state index is 11.4. The molecule has 1 aliphatic heterocycles. The summed E-state index contributed by atoms with van der Waals surface area (Å²) in [6, 6.07) is 0. The van der Waals surface area contributed by atoms with E-state index in [1.165, 1.54) is 6.21 Å². The number of hydrogen-bond donors (Lipinski definition) is 2. The molecule has 0 spiro atoms. The third-order valence-corrected chi connectivity index (χ3v) is 2.19. The van der Waals surface area contributed by atoms with Gasteiger partial charge in [-0.1, -0.05) is 24.3 Å². The highest BCUT2D eigenvalue weighted by Gasteiger charge is 2.40. The zero-order valence-electron chi connectivity index (χ0n) is 6.77. The maximum atomic E-state index is 11.4. The van der Waals surface area contributed by atoms with Crippen LogP contribution < -0.4 is 5.48 Å². The third kappa shape index (κ3) is 0.957. The van der Waals surface area contributed by atoms with Crippen LogP contribution in [0.3, 0.4) is 0 Å². The van der Waals surface area contributed by atoms with E-state index in [2.05, 4.69) is 4.99 Å². The van der Waals surface area contributed by atoms with Gasteiger partial charge in [-0.3, -0.25) is 15.0 Å². The Morgan fingerprint density at radius 2 is 2.38 bits per heavy atom. The summed E-state index contributed by atoms with van der Waals surface area (Å²) < 4.78 is 0. The lowest BCUT2D eigenvalue weighted by Gasteiger charge is -2.23. The van der Waals surface area contributed by atoms with Crippen LogP contribution in [0.25, 0.3) is 0 Å². The molecule has 66 valence electrons. The number of fused-ring (bicyclic) bond motifs is 1. The Bertz CT molecular complexity index is 366. The van der Waals surface area contributed by atoms with Crippen molar-refractivity contribution in [2.24, 2.45) is 10.4 Å². The predicted molar refractivity (Wildman–Crippen MR) is 47.2 cm³/mol. The number of carbonyl (C=O) groups is 1. The van der Waals surface area contributed by atoms with E-state index in [1.807, 2.05) is 6.08 Å². The normalized spacial score (nSPS) is 28.5. The van der Waals surface area contributed by atoms with Crippen LogP contribution in [-0.4, -0.2) is 17.3 Å². The molecule has 2 rings (SSSR count). The number of hydroxylamine groups is 1. The van der Waals surface area contributed by atoms with Crippen molar-refractivity contribution in [2.75, 3.05) is 0 Å². The molecule has 1 unspecified atom stereocenters. The molecule has 2 N–H and O–H groups in total. The van der Waals surface area contributed by atoms with Crippen molar-refractivity contribution in [3.63, 3.8) is 0 Å². The number of aliphatic imine (C=N–C) groups is 1. The van der Waals surface area contributed by atoms with Gasteiger partial charge in [0, 0.05) is 12.4 Å². The summed E-state index contributed by atoms with van der Waals surface area (Å²) in [6.07, 6.45) is 10.2. The molecule has 0 bridgehead atoms. The van der Waals surface area contributed by atoms with Gasteiger partial charge in [0.05, 0.1) is 0 Å². The lowest BCUT2D eigenvalue weighted by Crippen LogP contribution is -2.39. The number of carbonyl (C=O) groups excluding carboxylic acids is 1. The first-order valence-corrected chi connectivity index (χ1v) is 3.85. The smallest absolute Gasteiger partial charge is 0.263 e. The Hall–Kier alpha value is -1.68. The van der Waals surface area contributed by atoms with Crippen molar-refractivity contribution >= 4 is 12.1 Å². The lowest BCUT2D eigenvalue weighted by molar-refractivity contribution is -0.132. The second-order valence-electron chi connectivity index (χ2n) is 2.89. The molecule has 0 fully saturated rings. The predicted octanol–water partition coefficient (Wildman–Crippen LogP) is 0.572. The summed E-state index contributed by atoms with van der Waals surface area (Å²) in [5.74, 6) is -0.486. The minimum Gasteiger partial charge on any atom is -0.289 e. The number of rotatable bonds is 1. The Morgan fingerprint density at radius 1 is 1.54 bits per heavy atom. The molecule has 1 atom stereocenters. The maximum Gasteiger partial charge on any atom is 0.263 e. The summed E-state index contributed by atoms with van der Waals surface area (Å²) in [5.41, 5.74) is 1.51. The molecule has 4 heteroatoms. The van der Waals surface area contributed by atoms with E-state index >= 15 is 0 Å². The molecule has 4 nitrogen and oxygen atoms in total. The number of amides is 1. The van der Waals surface area contributed by atoms with Crippen molar-refractivity contribution in [1.82, 2.24) is 5.48 Å². The molecule has 1 amide bonds. The molecule has 13 heavy (non-hydrogen) atoms. The molecule has 2 aliphatic rings. The van der Waals surface area contributed by atoms with Crippen LogP contribution in [-0.2, 0) is 4.79 Å². The summed E-state index contributed by atoms with van der Waals surface area (Å²) in [7, 11) is 0. The van der Waals surface area contributed by atoms with E-state index in [1.54, 1.807) is 29.9 Å². The van der Waals surface area contributed by atoms with E-state index in [-0.39, 0.29) is 0 Å². The van der Waals surface area contributed by atoms with Crippen LogP contribution in [0.2, 0.25) is 0 Å². The van der Waals surface area contributed by atoms with Crippen LogP contribution in [0.4, 0.5) is 0 Å². The van der Waals surface area contributed by atoms with Crippen LogP contribution >= 0.6 is 0 Å². The monoisotopic (exact) mass is 176 g/mol. The van der Waals surface area contributed by atoms with Crippen molar-refractivity contribution in [1.29, 1.82) is 0 Å². The molecular weight excluding hydrogens is 168 g/mol. The quantitative estimate of drug-likeness (QED) is 0.453. The van der Waals surface area contributed by atoms with Crippen molar-refractivity contribution < 1.29 is 10.0 Å². The fraction of sp³-hybridized carbons (Fsp3) is 0.111. The van der Waals surface area contributed by atoms with Gasteiger partial charge in [-0.25, -0.2) is 5.48 Å². The molecule has 0 saturated heterocycles. The molecule has 1 heterocycles. The number of hydrogen-bond acceptors (Lipinski definition) is 3. The van der Waals surface area contributed by atoms with E-state index in [0.29, 0.717) is 0 Å². The van der Waals surface area contributed by atoms with E-state index in [4.69, 9.17) is 5.21 Å². The van der Waals surface area contributed by atoms with E-state index in [0.717, 1.165) is 5.57 Å². The lowest BCUT2D eigenvalue weighted by atomic mass is 9.79. The second kappa shape index (κ2) is 2.67. The second-order valence-corrected chi connectivity index (χ2v) is 2.89. The van der Waals surface area contributed by atoms with Crippen molar-refractivity contribution in [3.05, 3.63) is 36.1 Å². The Balaban J connectivity index is 2.46. The topological polar surface area (TPSA) is 61.7 Å². The van der Waals surface area contributed by atoms with Gasteiger partial charge < -0.3 is 0 Å². The van der Waals surface area contributed by atoms with Crippen molar-refractivity contribution in [2.45, 2.75) is 0 Å². The van der Waals surface area contributed by atoms with Crippen LogP contribution in [0.15, 0.2) is 41.1 Å². The van der Waals surface area contributed by atoms with Gasteiger partial charge in [-0.15, -0.1) is 0 Å². The Labute approximate surface area is 74.9 Å². The minimum absolute atomic E-state index is 0.486. The minimum atomic E-state index is -0.899. The molecule has 1 aliphatic carbocycles. The first kappa shape index (κ1) is 7.94. The molecule has 0 aromatic rings. The van der Waals surface area contributed by atoms with E-state index < -0.39 is 11.3 Å². The first-order chi connectivity index (χ1) is 6.29. The van der Waals surface area contributed by atoms with Crippen molar-refractivity contribution in [3.8, 4) is 0 Å². The molecule has 0 aromatic carbocycles. The van der Waals surface area contributed by atoms with Crippen LogP contribution in [0, 0.1) is 5.41 Å². The first-order valence-electron chi connectivity index (χ1n) is 3.85. The van der Waals surface area contributed by atoms with Gasteiger partial charge >= 0.3 is 0 Å². The Kier molecular flexibility index (Phi) is 1.63. The standard InChI is InChI=1S/C9H8N2O2/c12-8(11-13)9-4-2-1-3-7(9)5-10-6-9/h1-6,13H,(H,11,12). The highest BCUT2D eigenvalue weighted by molar-refractivity contribution is 6.06. The zero-order chi connectivity index (χ0) is 9.31. The average molecular weight is 176 g/mol. The third-order valence-electron chi connectivity index (χ3n) is 2.19. The summed E-state index contributed by atoms with van der Waals surface area (Å²) in [5, 5.41) is 8.58. The van der Waals surface area contributed by atoms with Crippen LogP contribution in [0.1, 0.15) is 0 Å². The van der Waals surface area contributed by atoms with Gasteiger partial charge in [-0.2, -0.15) is 0 Å². The summed E-state index contributed by atoms with van der Waals surface area (Å²) >= 11 is 0. The molecular formula is C9H8N2O2. The molecule has 0 aromatic heterocycles. The van der Waals surface area contributed by atoms with Gasteiger partial charge in [0.25, 0.3) is 5.91 Å². The summed E-state index contributed by atoms with van der Waals surface area (Å²) in [6.45, 7) is 0. The molecule has 0 radical (unpaired) electrons. The van der Waals surface area contributed by atoms with Crippen LogP contribution in [0.5, 0.6) is 0 Å². The largest absolute Gasteiger partial charge is 0.289 e. The SMILES string of the molecule is O=C(NO)C12C=CC=CC1=CN=C2. The van der Waals surface area contributed by atoms with Gasteiger partial charge in [-0.05, 0) is 5.57 Å².